The second kappa shape index (κ2) is 10.4. The van der Waals surface area contributed by atoms with E-state index in [-0.39, 0.29) is 41.5 Å². The number of nitro benzene ring substituents is 1. The van der Waals surface area contributed by atoms with E-state index in [1.165, 1.54) is 43.5 Å². The molecule has 0 bridgehead atoms. The van der Waals surface area contributed by atoms with Crippen molar-refractivity contribution in [3.8, 4) is 17.6 Å². The third kappa shape index (κ3) is 5.65. The molecule has 0 N–H and O–H groups in total. The number of ketones is 1. The zero-order chi connectivity index (χ0) is 22.1. The highest BCUT2D eigenvalue weighted by Crippen LogP contribution is 2.29. The van der Waals surface area contributed by atoms with Gasteiger partial charge in [0.1, 0.15) is 11.6 Å². The molecule has 154 valence electrons. The molecule has 0 unspecified atom stereocenters. The van der Waals surface area contributed by atoms with E-state index >= 15 is 0 Å². The summed E-state index contributed by atoms with van der Waals surface area (Å²) in [6.45, 7) is 1.62. The Hall–Kier alpha value is -4.19. The van der Waals surface area contributed by atoms with Gasteiger partial charge in [-0.1, -0.05) is 18.2 Å². The third-order valence-corrected chi connectivity index (χ3v) is 3.83. The molecular weight excluding hydrogens is 392 g/mol. The Kier molecular flexibility index (Phi) is 7.65. The smallest absolute Gasteiger partial charge is 0.344 e. The van der Waals surface area contributed by atoms with Crippen LogP contribution in [0.5, 0.6) is 11.5 Å². The maximum atomic E-state index is 12.6. The number of nitro groups is 1. The normalized spacial score (nSPS) is 10.6. The van der Waals surface area contributed by atoms with Gasteiger partial charge in [-0.25, -0.2) is 4.79 Å². The van der Waals surface area contributed by atoms with Gasteiger partial charge in [-0.15, -0.1) is 0 Å². The average molecular weight is 410 g/mol. The van der Waals surface area contributed by atoms with Crippen LogP contribution in [0.4, 0.5) is 5.69 Å². The largest absolute Gasteiger partial charge is 0.493 e. The quantitative estimate of drug-likeness (QED) is 0.154. The Morgan fingerprint density at radius 1 is 1.20 bits per heavy atom. The van der Waals surface area contributed by atoms with Crippen molar-refractivity contribution in [2.24, 2.45) is 0 Å². The first kappa shape index (κ1) is 22.1. The molecular formula is C21H18N2O7. The molecule has 0 saturated heterocycles. The number of benzene rings is 2. The molecule has 0 saturated carbocycles. The number of carbonyl (C=O) groups is 2. The van der Waals surface area contributed by atoms with Crippen molar-refractivity contribution in [2.45, 2.75) is 6.92 Å². The number of rotatable bonds is 9. The van der Waals surface area contributed by atoms with E-state index in [0.717, 1.165) is 6.07 Å². The number of ether oxygens (including phenoxy) is 3. The number of hydrogen-bond donors (Lipinski definition) is 0. The molecule has 0 spiro atoms. The van der Waals surface area contributed by atoms with Gasteiger partial charge in [-0.3, -0.25) is 14.9 Å². The molecule has 2 rings (SSSR count). The number of hydrogen-bond acceptors (Lipinski definition) is 8. The maximum absolute atomic E-state index is 12.6. The number of methoxy groups -OCH3 is 1. The highest BCUT2D eigenvalue weighted by molar-refractivity contribution is 6.14. The molecule has 0 fully saturated rings. The summed E-state index contributed by atoms with van der Waals surface area (Å²) in [6.07, 6.45) is 1.33. The summed E-state index contributed by atoms with van der Waals surface area (Å²) in [5.74, 6) is -0.611. The Balaban J connectivity index is 2.28. The van der Waals surface area contributed by atoms with Crippen LogP contribution < -0.4 is 9.47 Å². The molecule has 0 aliphatic carbocycles. The minimum atomic E-state index is -0.650. The first-order chi connectivity index (χ1) is 14.4. The summed E-state index contributed by atoms with van der Waals surface area (Å²) in [5.41, 5.74) is 0.0321. The fourth-order valence-corrected chi connectivity index (χ4v) is 2.46. The molecule has 0 radical (unpaired) electrons. The predicted octanol–water partition coefficient (Wildman–Crippen LogP) is 3.34. The van der Waals surface area contributed by atoms with Crippen LogP contribution in [-0.2, 0) is 9.53 Å². The molecule has 0 aliphatic rings. The molecule has 0 atom stereocenters. The highest BCUT2D eigenvalue weighted by Gasteiger charge is 2.16. The van der Waals surface area contributed by atoms with Crippen molar-refractivity contribution in [3.05, 3.63) is 69.3 Å². The molecule has 2 aromatic rings. The molecule has 30 heavy (non-hydrogen) atoms. The predicted molar refractivity (Wildman–Crippen MR) is 106 cm³/mol. The summed E-state index contributed by atoms with van der Waals surface area (Å²) in [5, 5.41) is 20.3. The fraction of sp³-hybridized carbons (Fsp3) is 0.190. The van der Waals surface area contributed by atoms with Gasteiger partial charge in [0.15, 0.2) is 18.1 Å². The zero-order valence-corrected chi connectivity index (χ0v) is 16.3. The van der Waals surface area contributed by atoms with E-state index in [1.54, 1.807) is 13.0 Å². The van der Waals surface area contributed by atoms with Crippen LogP contribution >= 0.6 is 0 Å². The number of nitriles is 1. The van der Waals surface area contributed by atoms with Crippen molar-refractivity contribution in [1.82, 2.24) is 0 Å². The number of esters is 1. The van der Waals surface area contributed by atoms with Gasteiger partial charge >= 0.3 is 5.97 Å². The lowest BCUT2D eigenvalue weighted by Gasteiger charge is -2.11. The number of allylic oxidation sites excluding steroid dienone is 1. The molecule has 9 heteroatoms. The monoisotopic (exact) mass is 410 g/mol. The number of Topliss-reactive ketones (excluding diaryl/α,β-unsaturated/α-hetero) is 1. The molecule has 2 aromatic carbocycles. The third-order valence-electron chi connectivity index (χ3n) is 3.83. The topological polar surface area (TPSA) is 129 Å². The summed E-state index contributed by atoms with van der Waals surface area (Å²) in [6, 6.07) is 11.6. The molecule has 0 heterocycles. The van der Waals surface area contributed by atoms with Crippen molar-refractivity contribution >= 4 is 23.5 Å². The van der Waals surface area contributed by atoms with Crippen molar-refractivity contribution < 1.29 is 28.7 Å². The van der Waals surface area contributed by atoms with Crippen LogP contribution in [-0.4, -0.2) is 37.0 Å². The zero-order valence-electron chi connectivity index (χ0n) is 16.3. The second-order valence-corrected chi connectivity index (χ2v) is 5.81. The standard InChI is InChI=1S/C21H18N2O7/c1-3-29-20(24)13-30-18-8-7-14(10-19(18)28-2)9-16(12-22)21(25)15-5-4-6-17(11-15)23(26)27/h4-11H,3,13H2,1-2H3/b16-9+. The summed E-state index contributed by atoms with van der Waals surface area (Å²) < 4.78 is 15.4. The van der Waals surface area contributed by atoms with E-state index in [0.29, 0.717) is 5.56 Å². The van der Waals surface area contributed by atoms with E-state index in [4.69, 9.17) is 14.2 Å². The van der Waals surface area contributed by atoms with E-state index in [9.17, 15) is 25.0 Å². The van der Waals surface area contributed by atoms with Gasteiger partial charge in [-0.2, -0.15) is 5.26 Å². The first-order valence-corrected chi connectivity index (χ1v) is 8.77. The number of nitrogens with zero attached hydrogens (tertiary/aromatic N) is 2. The Bertz CT molecular complexity index is 1040. The van der Waals surface area contributed by atoms with Gasteiger partial charge in [-0.05, 0) is 30.7 Å². The lowest BCUT2D eigenvalue weighted by Crippen LogP contribution is -2.14. The minimum absolute atomic E-state index is 0.0263. The van der Waals surface area contributed by atoms with Crippen molar-refractivity contribution in [1.29, 1.82) is 5.26 Å². The second-order valence-electron chi connectivity index (χ2n) is 5.81. The molecule has 0 aromatic heterocycles. The lowest BCUT2D eigenvalue weighted by atomic mass is 10.0. The van der Waals surface area contributed by atoms with Gasteiger partial charge < -0.3 is 14.2 Å². The van der Waals surface area contributed by atoms with Gasteiger partial charge in [0.05, 0.1) is 18.6 Å². The van der Waals surface area contributed by atoms with E-state index in [1.807, 2.05) is 6.07 Å². The number of carbonyl (C=O) groups excluding carboxylic acids is 2. The minimum Gasteiger partial charge on any atom is -0.493 e. The fourth-order valence-electron chi connectivity index (χ4n) is 2.46. The first-order valence-electron chi connectivity index (χ1n) is 8.77. The van der Waals surface area contributed by atoms with Crippen LogP contribution in [0.15, 0.2) is 48.0 Å². The summed E-state index contributed by atoms with van der Waals surface area (Å²) in [7, 11) is 1.40. The highest BCUT2D eigenvalue weighted by atomic mass is 16.6. The van der Waals surface area contributed by atoms with Crippen LogP contribution in [0.25, 0.3) is 6.08 Å². The number of non-ortho nitro benzene ring substituents is 1. The maximum Gasteiger partial charge on any atom is 0.344 e. The van der Waals surface area contributed by atoms with Crippen LogP contribution in [0, 0.1) is 21.4 Å². The van der Waals surface area contributed by atoms with Gasteiger partial charge in [0, 0.05) is 17.7 Å². The van der Waals surface area contributed by atoms with Gasteiger partial charge in [0.2, 0.25) is 5.78 Å². The van der Waals surface area contributed by atoms with E-state index in [2.05, 4.69) is 0 Å². The van der Waals surface area contributed by atoms with Crippen LogP contribution in [0.2, 0.25) is 0 Å². The summed E-state index contributed by atoms with van der Waals surface area (Å²) >= 11 is 0. The SMILES string of the molecule is CCOC(=O)COc1ccc(/C=C(\C#N)C(=O)c2cccc([N+](=O)[O-])c2)cc1OC. The molecule has 9 nitrogen and oxygen atoms in total. The average Bonchev–Trinajstić information content (AvgIpc) is 2.76. The molecule has 0 aliphatic heterocycles. The Morgan fingerprint density at radius 2 is 1.97 bits per heavy atom. The van der Waals surface area contributed by atoms with Crippen molar-refractivity contribution in [3.63, 3.8) is 0 Å². The van der Waals surface area contributed by atoms with Gasteiger partial charge in [0.25, 0.3) is 5.69 Å². The van der Waals surface area contributed by atoms with Crippen LogP contribution in [0.3, 0.4) is 0 Å². The van der Waals surface area contributed by atoms with Crippen molar-refractivity contribution in [2.75, 3.05) is 20.3 Å². The molecule has 0 amide bonds. The summed E-state index contributed by atoms with van der Waals surface area (Å²) in [4.78, 5) is 34.3. The van der Waals surface area contributed by atoms with Crippen LogP contribution in [0.1, 0.15) is 22.8 Å². The lowest BCUT2D eigenvalue weighted by molar-refractivity contribution is -0.384. The Morgan fingerprint density at radius 3 is 2.60 bits per heavy atom. The van der Waals surface area contributed by atoms with E-state index < -0.39 is 16.7 Å². The Labute approximate surface area is 172 Å².